The van der Waals surface area contributed by atoms with Gasteiger partial charge in [-0.3, -0.25) is 4.79 Å². The van der Waals surface area contributed by atoms with E-state index in [0.29, 0.717) is 18.4 Å². The van der Waals surface area contributed by atoms with Crippen molar-refractivity contribution in [2.24, 2.45) is 0 Å². The third-order valence-corrected chi connectivity index (χ3v) is 4.39. The van der Waals surface area contributed by atoms with Gasteiger partial charge >= 0.3 is 0 Å². The number of hydrogen-bond donors (Lipinski definition) is 1. The monoisotopic (exact) mass is 328 g/mol. The van der Waals surface area contributed by atoms with Crippen LogP contribution in [0.5, 0.6) is 0 Å². The number of hydrogen-bond acceptors (Lipinski definition) is 2. The van der Waals surface area contributed by atoms with Crippen LogP contribution in [0.2, 0.25) is 0 Å². The molecule has 0 aliphatic rings. The van der Waals surface area contributed by atoms with Crippen LogP contribution in [0, 0.1) is 11.3 Å². The lowest BCUT2D eigenvalue weighted by atomic mass is 9.99. The molecule has 0 spiro atoms. The number of nitriles is 1. The van der Waals surface area contributed by atoms with E-state index in [1.807, 2.05) is 37.3 Å². The van der Waals surface area contributed by atoms with Crippen molar-refractivity contribution >= 4 is 16.7 Å². The van der Waals surface area contributed by atoms with E-state index in [0.717, 1.165) is 11.1 Å². The fourth-order valence-corrected chi connectivity index (χ4v) is 3.02. The van der Waals surface area contributed by atoms with Gasteiger partial charge in [0.25, 0.3) is 0 Å². The highest BCUT2D eigenvalue weighted by atomic mass is 16.1. The average molecular weight is 328 g/mol. The Hall–Kier alpha value is -3.12. The molecule has 0 saturated heterocycles. The summed E-state index contributed by atoms with van der Waals surface area (Å²) in [7, 11) is 0. The van der Waals surface area contributed by atoms with Crippen molar-refractivity contribution < 1.29 is 4.79 Å². The van der Waals surface area contributed by atoms with Crippen LogP contribution < -0.4 is 5.32 Å². The fourth-order valence-electron chi connectivity index (χ4n) is 3.02. The standard InChI is InChI=1S/C22H20N2O/c1-16(20-8-4-6-19-5-2-3-7-21(19)20)24-22(25)14-13-17-9-11-18(15-23)12-10-17/h2-12,16H,13-14H2,1H3,(H,24,25). The second-order valence-electron chi connectivity index (χ2n) is 6.17. The Labute approximate surface area is 147 Å². The molecule has 0 saturated carbocycles. The summed E-state index contributed by atoms with van der Waals surface area (Å²) in [6.07, 6.45) is 1.10. The van der Waals surface area contributed by atoms with Gasteiger partial charge in [0.1, 0.15) is 0 Å². The largest absolute Gasteiger partial charge is 0.350 e. The molecule has 25 heavy (non-hydrogen) atoms. The molecular formula is C22H20N2O. The van der Waals surface area contributed by atoms with Gasteiger partial charge in [-0.15, -0.1) is 0 Å². The van der Waals surface area contributed by atoms with Crippen LogP contribution in [0.4, 0.5) is 0 Å². The first-order valence-corrected chi connectivity index (χ1v) is 8.43. The summed E-state index contributed by atoms with van der Waals surface area (Å²) in [5, 5.41) is 14.3. The molecule has 124 valence electrons. The molecule has 1 amide bonds. The van der Waals surface area contributed by atoms with E-state index in [4.69, 9.17) is 5.26 Å². The van der Waals surface area contributed by atoms with E-state index < -0.39 is 0 Å². The van der Waals surface area contributed by atoms with Gasteiger partial charge in [0, 0.05) is 6.42 Å². The minimum atomic E-state index is -0.0421. The summed E-state index contributed by atoms with van der Waals surface area (Å²) < 4.78 is 0. The Morgan fingerprint density at radius 3 is 2.52 bits per heavy atom. The van der Waals surface area contributed by atoms with Gasteiger partial charge in [-0.05, 0) is 47.4 Å². The van der Waals surface area contributed by atoms with E-state index in [2.05, 4.69) is 35.7 Å². The van der Waals surface area contributed by atoms with E-state index in [1.54, 1.807) is 12.1 Å². The van der Waals surface area contributed by atoms with Gasteiger partial charge in [-0.1, -0.05) is 54.6 Å². The van der Waals surface area contributed by atoms with Crippen molar-refractivity contribution in [3.63, 3.8) is 0 Å². The van der Waals surface area contributed by atoms with Crippen molar-refractivity contribution in [3.8, 4) is 6.07 Å². The summed E-state index contributed by atoms with van der Waals surface area (Å²) >= 11 is 0. The lowest BCUT2D eigenvalue weighted by molar-refractivity contribution is -0.121. The van der Waals surface area contributed by atoms with Crippen LogP contribution in [0.25, 0.3) is 10.8 Å². The summed E-state index contributed by atoms with van der Waals surface area (Å²) in [6, 6.07) is 23.8. The highest BCUT2D eigenvalue weighted by molar-refractivity contribution is 5.86. The van der Waals surface area contributed by atoms with Gasteiger partial charge in [-0.25, -0.2) is 0 Å². The second kappa shape index (κ2) is 7.63. The fraction of sp³-hybridized carbons (Fsp3) is 0.182. The zero-order valence-electron chi connectivity index (χ0n) is 14.2. The number of carbonyl (C=O) groups is 1. The molecule has 0 fully saturated rings. The van der Waals surface area contributed by atoms with E-state index in [-0.39, 0.29) is 11.9 Å². The number of nitrogens with one attached hydrogen (secondary N) is 1. The molecule has 0 aliphatic heterocycles. The first-order chi connectivity index (χ1) is 12.2. The Morgan fingerprint density at radius 1 is 1.04 bits per heavy atom. The third kappa shape index (κ3) is 4.05. The Bertz CT molecular complexity index is 917. The van der Waals surface area contributed by atoms with Crippen LogP contribution in [-0.4, -0.2) is 5.91 Å². The molecule has 0 aromatic heterocycles. The highest BCUT2D eigenvalue weighted by Gasteiger charge is 2.12. The summed E-state index contributed by atoms with van der Waals surface area (Å²) in [5.74, 6) is 0.0322. The number of aryl methyl sites for hydroxylation is 1. The van der Waals surface area contributed by atoms with Crippen molar-refractivity contribution in [1.29, 1.82) is 5.26 Å². The SMILES string of the molecule is CC(NC(=O)CCc1ccc(C#N)cc1)c1cccc2ccccc12. The predicted molar refractivity (Wildman–Crippen MR) is 100.0 cm³/mol. The van der Waals surface area contributed by atoms with Crippen LogP contribution in [0.1, 0.15) is 36.1 Å². The molecule has 3 heteroatoms. The van der Waals surface area contributed by atoms with E-state index >= 15 is 0 Å². The first-order valence-electron chi connectivity index (χ1n) is 8.43. The zero-order chi connectivity index (χ0) is 17.6. The highest BCUT2D eigenvalue weighted by Crippen LogP contribution is 2.24. The molecule has 3 nitrogen and oxygen atoms in total. The van der Waals surface area contributed by atoms with Crippen molar-refractivity contribution in [1.82, 2.24) is 5.32 Å². The minimum absolute atomic E-state index is 0.0322. The van der Waals surface area contributed by atoms with Gasteiger partial charge < -0.3 is 5.32 Å². The topological polar surface area (TPSA) is 52.9 Å². The lowest BCUT2D eigenvalue weighted by Gasteiger charge is -2.16. The first kappa shape index (κ1) is 16.7. The maximum atomic E-state index is 12.3. The van der Waals surface area contributed by atoms with E-state index in [9.17, 15) is 4.79 Å². The van der Waals surface area contributed by atoms with Crippen LogP contribution >= 0.6 is 0 Å². The molecular weight excluding hydrogens is 308 g/mol. The number of nitrogens with zero attached hydrogens (tertiary/aromatic N) is 1. The second-order valence-corrected chi connectivity index (χ2v) is 6.17. The number of fused-ring (bicyclic) bond motifs is 1. The predicted octanol–water partition coefficient (Wildman–Crippen LogP) is 4.52. The summed E-state index contributed by atoms with van der Waals surface area (Å²) in [4.78, 5) is 12.3. The van der Waals surface area contributed by atoms with E-state index in [1.165, 1.54) is 10.8 Å². The number of carbonyl (C=O) groups excluding carboxylic acids is 1. The van der Waals surface area contributed by atoms with Gasteiger partial charge in [0.05, 0.1) is 17.7 Å². The van der Waals surface area contributed by atoms with Crippen LogP contribution in [0.3, 0.4) is 0 Å². The lowest BCUT2D eigenvalue weighted by Crippen LogP contribution is -2.26. The normalized spacial score (nSPS) is 11.7. The molecule has 1 atom stereocenters. The molecule has 3 aromatic carbocycles. The maximum Gasteiger partial charge on any atom is 0.220 e. The van der Waals surface area contributed by atoms with Gasteiger partial charge in [0.15, 0.2) is 0 Å². The maximum absolute atomic E-state index is 12.3. The van der Waals surface area contributed by atoms with Gasteiger partial charge in [0.2, 0.25) is 5.91 Å². The van der Waals surface area contributed by atoms with Gasteiger partial charge in [-0.2, -0.15) is 5.26 Å². The van der Waals surface area contributed by atoms with Crippen LogP contribution in [-0.2, 0) is 11.2 Å². The average Bonchev–Trinajstić information content (AvgIpc) is 2.66. The quantitative estimate of drug-likeness (QED) is 0.748. The minimum Gasteiger partial charge on any atom is -0.350 e. The Morgan fingerprint density at radius 2 is 1.76 bits per heavy atom. The molecule has 0 aliphatic carbocycles. The van der Waals surface area contributed by atoms with Crippen molar-refractivity contribution in [2.75, 3.05) is 0 Å². The molecule has 1 unspecified atom stereocenters. The number of amides is 1. The Kier molecular flexibility index (Phi) is 5.11. The number of rotatable bonds is 5. The molecule has 3 rings (SSSR count). The summed E-state index contributed by atoms with van der Waals surface area (Å²) in [5.41, 5.74) is 2.83. The third-order valence-electron chi connectivity index (χ3n) is 4.39. The van der Waals surface area contributed by atoms with Crippen molar-refractivity contribution in [3.05, 3.63) is 83.4 Å². The number of benzene rings is 3. The zero-order valence-corrected chi connectivity index (χ0v) is 14.2. The molecule has 1 N–H and O–H groups in total. The Balaban J connectivity index is 1.63. The summed E-state index contributed by atoms with van der Waals surface area (Å²) in [6.45, 7) is 2.02. The van der Waals surface area contributed by atoms with Crippen molar-refractivity contribution in [2.45, 2.75) is 25.8 Å². The smallest absolute Gasteiger partial charge is 0.220 e. The van der Waals surface area contributed by atoms with Crippen LogP contribution in [0.15, 0.2) is 66.7 Å². The molecule has 0 bridgehead atoms. The molecule has 0 heterocycles. The molecule has 0 radical (unpaired) electrons. The molecule has 3 aromatic rings.